The van der Waals surface area contributed by atoms with Crippen molar-refractivity contribution >= 4 is 0 Å². The molecule has 0 spiro atoms. The second-order valence-corrected chi connectivity index (χ2v) is 0. The van der Waals surface area contributed by atoms with Crippen LogP contribution in [0.2, 0.25) is 0 Å². The van der Waals surface area contributed by atoms with Crippen LogP contribution >= 0.6 is 0 Å². The summed E-state index contributed by atoms with van der Waals surface area (Å²) in [5, 5.41) is 0. The first kappa shape index (κ1) is 27.2. The summed E-state index contributed by atoms with van der Waals surface area (Å²) < 4.78 is 0. The van der Waals surface area contributed by atoms with Crippen molar-refractivity contribution < 1.29 is 103 Å². The van der Waals surface area contributed by atoms with Crippen molar-refractivity contribution in [3.63, 3.8) is 0 Å². The topological polar surface area (TPSA) is 0 Å². The average Bonchev–Trinajstić information content (AvgIpc) is 0. The fourth-order valence-electron chi connectivity index (χ4n) is 0. The molecule has 0 aromatic carbocycles. The van der Waals surface area contributed by atoms with Crippen molar-refractivity contribution in [2.24, 2.45) is 0 Å². The van der Waals surface area contributed by atoms with Crippen LogP contribution in [0.5, 0.6) is 0 Å². The third-order valence-corrected chi connectivity index (χ3v) is 0. The van der Waals surface area contributed by atoms with Gasteiger partial charge in [0.25, 0.3) is 0 Å². The number of rotatable bonds is 0. The first-order valence-electron chi connectivity index (χ1n) is 0. The maximum absolute atomic E-state index is 0. The van der Waals surface area contributed by atoms with Gasteiger partial charge in [0, 0.05) is 50.3 Å². The summed E-state index contributed by atoms with van der Waals surface area (Å²) in [5.41, 5.74) is 0. The summed E-state index contributed by atoms with van der Waals surface area (Å²) in [6.07, 6.45) is 0. The zero-order valence-electron chi connectivity index (χ0n) is 3.00. The Bertz CT molecular complexity index is 11.6. The molecule has 1 radical (unpaired) electrons. The van der Waals surface area contributed by atoms with Gasteiger partial charge in [0.05, 0.1) is 0 Å². The summed E-state index contributed by atoms with van der Waals surface area (Å²) in [6.45, 7) is 0. The van der Waals surface area contributed by atoms with Gasteiger partial charge in [-0.05, 0) is 0 Å². The minimum Gasteiger partial charge on any atom is -1.00 e. The van der Waals surface area contributed by atoms with Crippen LogP contribution in [0.15, 0.2) is 0 Å². The smallest absolute Gasteiger partial charge is 1.00 e. The Morgan fingerprint density at radius 3 is 1.25 bits per heavy atom. The van der Waals surface area contributed by atoms with Crippen LogP contribution in [0.1, 0.15) is 1.43 Å². The minimum absolute atomic E-state index is 0. The molecule has 0 heterocycles. The molecule has 0 aliphatic carbocycles. The zero-order chi connectivity index (χ0) is 0. The molecular weight excluding hydrogens is 213 g/mol. The summed E-state index contributed by atoms with van der Waals surface area (Å²) in [6, 6.07) is 0. The molecular formula is HCoFeKNi. The van der Waals surface area contributed by atoms with Crippen molar-refractivity contribution in [3.05, 3.63) is 0 Å². The summed E-state index contributed by atoms with van der Waals surface area (Å²) >= 11 is 0. The van der Waals surface area contributed by atoms with E-state index in [4.69, 9.17) is 0 Å². The van der Waals surface area contributed by atoms with Gasteiger partial charge in [-0.3, -0.25) is 0 Å². The molecule has 0 aliphatic heterocycles. The van der Waals surface area contributed by atoms with Crippen LogP contribution in [0.3, 0.4) is 0 Å². The van der Waals surface area contributed by atoms with Crippen LogP contribution in [-0.2, 0) is 50.3 Å². The van der Waals surface area contributed by atoms with Gasteiger partial charge in [0.2, 0.25) is 0 Å². The molecule has 0 N–H and O–H groups in total. The van der Waals surface area contributed by atoms with Gasteiger partial charge in [-0.15, -0.1) is 0 Å². The fraction of sp³-hybridized carbons (Fsp3) is 0. The predicted molar refractivity (Wildman–Crippen MR) is 1.11 cm³/mol. The van der Waals surface area contributed by atoms with Gasteiger partial charge in [0.15, 0.2) is 0 Å². The van der Waals surface area contributed by atoms with E-state index < -0.39 is 0 Å². The van der Waals surface area contributed by atoms with E-state index in [1.54, 1.807) is 0 Å². The zero-order valence-corrected chi connectivity index (χ0v) is 8.26. The Hall–Kier alpha value is 3.16. The SMILES string of the molecule is [Co].[Fe].[H-].[K+].[Ni]. The molecule has 0 aromatic heterocycles. The molecule has 0 nitrogen and oxygen atoms in total. The van der Waals surface area contributed by atoms with E-state index in [9.17, 15) is 0 Å². The normalized spacial score (nSPS) is 0. The van der Waals surface area contributed by atoms with Crippen molar-refractivity contribution in [3.8, 4) is 0 Å². The second-order valence-electron chi connectivity index (χ2n) is 0. The van der Waals surface area contributed by atoms with E-state index in [0.717, 1.165) is 0 Å². The Morgan fingerprint density at radius 1 is 1.25 bits per heavy atom. The predicted octanol–water partition coefficient (Wildman–Crippen LogP) is -2.89. The van der Waals surface area contributed by atoms with Crippen LogP contribution in [-0.4, -0.2) is 0 Å². The van der Waals surface area contributed by atoms with E-state index >= 15 is 0 Å². The Kier molecular flexibility index (Phi) is 112. The molecule has 0 amide bonds. The first-order chi connectivity index (χ1) is 0. The molecule has 0 aromatic rings. The average molecular weight is 214 g/mol. The van der Waals surface area contributed by atoms with E-state index in [-0.39, 0.29) is 103 Å². The first-order valence-corrected chi connectivity index (χ1v) is 0. The van der Waals surface area contributed by atoms with Crippen LogP contribution in [0, 0.1) is 0 Å². The fourth-order valence-corrected chi connectivity index (χ4v) is 0. The molecule has 4 heteroatoms. The molecule has 29 valence electrons. The van der Waals surface area contributed by atoms with Gasteiger partial charge < -0.3 is 1.43 Å². The largest absolute Gasteiger partial charge is 1.00 e. The van der Waals surface area contributed by atoms with E-state index in [2.05, 4.69) is 0 Å². The standard InChI is InChI=1S/Co.Fe.K.Ni.H/q;;+1;;-1. The van der Waals surface area contributed by atoms with Crippen molar-refractivity contribution in [2.45, 2.75) is 0 Å². The van der Waals surface area contributed by atoms with Crippen LogP contribution in [0.25, 0.3) is 0 Å². The summed E-state index contributed by atoms with van der Waals surface area (Å²) in [5.74, 6) is 0. The molecule has 4 heavy (non-hydrogen) atoms. The van der Waals surface area contributed by atoms with E-state index in [0.29, 0.717) is 0 Å². The van der Waals surface area contributed by atoms with Gasteiger partial charge in [-0.1, -0.05) is 0 Å². The van der Waals surface area contributed by atoms with Crippen LogP contribution in [0.4, 0.5) is 0 Å². The van der Waals surface area contributed by atoms with Crippen molar-refractivity contribution in [1.82, 2.24) is 0 Å². The molecule has 0 saturated carbocycles. The monoisotopic (exact) mass is 213 g/mol. The summed E-state index contributed by atoms with van der Waals surface area (Å²) in [4.78, 5) is 0. The van der Waals surface area contributed by atoms with Gasteiger partial charge >= 0.3 is 51.4 Å². The third-order valence-electron chi connectivity index (χ3n) is 0. The van der Waals surface area contributed by atoms with Gasteiger partial charge in [0.1, 0.15) is 0 Å². The molecule has 0 fully saturated rings. The van der Waals surface area contributed by atoms with Crippen LogP contribution < -0.4 is 51.4 Å². The maximum atomic E-state index is 0. The quantitative estimate of drug-likeness (QED) is 0.379. The molecule has 0 atom stereocenters. The minimum atomic E-state index is 0. The molecule has 0 bridgehead atoms. The Morgan fingerprint density at radius 2 is 1.25 bits per heavy atom. The van der Waals surface area contributed by atoms with E-state index in [1.165, 1.54) is 0 Å². The Labute approximate surface area is 101 Å². The molecule has 0 unspecified atom stereocenters. The number of hydrogen-bond donors (Lipinski definition) is 0. The Balaban J connectivity index is 0. The van der Waals surface area contributed by atoms with Crippen molar-refractivity contribution in [2.75, 3.05) is 0 Å². The molecule has 0 rings (SSSR count). The number of hydrogen-bond acceptors (Lipinski definition) is 0. The van der Waals surface area contributed by atoms with Gasteiger partial charge in [-0.2, -0.15) is 0 Å². The molecule has 0 aliphatic rings. The maximum Gasteiger partial charge on any atom is 1.00 e. The third kappa shape index (κ3) is 8.94. The molecule has 0 saturated heterocycles. The summed E-state index contributed by atoms with van der Waals surface area (Å²) in [7, 11) is 0. The van der Waals surface area contributed by atoms with E-state index in [1.807, 2.05) is 0 Å². The van der Waals surface area contributed by atoms with Gasteiger partial charge in [-0.25, -0.2) is 0 Å². The van der Waals surface area contributed by atoms with Crippen molar-refractivity contribution in [1.29, 1.82) is 0 Å². The second kappa shape index (κ2) is 16.4.